The van der Waals surface area contributed by atoms with E-state index in [2.05, 4.69) is 10.3 Å². The van der Waals surface area contributed by atoms with Crippen LogP contribution in [0.2, 0.25) is 0 Å². The summed E-state index contributed by atoms with van der Waals surface area (Å²) in [6.07, 6.45) is 4.00. The largest absolute Gasteiger partial charge is 0.383 e. The average molecular weight is 283 g/mol. The predicted octanol–water partition coefficient (Wildman–Crippen LogP) is 1.29. The molecule has 6 heteroatoms. The van der Waals surface area contributed by atoms with E-state index in [1.165, 1.54) is 17.8 Å². The van der Waals surface area contributed by atoms with Crippen molar-refractivity contribution in [3.63, 3.8) is 0 Å². The number of nitrogens with zero attached hydrogens (tertiary/aromatic N) is 2. The number of ether oxygens (including phenoxy) is 1. The molecule has 106 valence electrons. The lowest BCUT2D eigenvalue weighted by molar-refractivity contribution is 0.0684. The molecule has 0 spiro atoms. The summed E-state index contributed by atoms with van der Waals surface area (Å²) in [5, 5.41) is 4.35. The maximum Gasteiger partial charge on any atom is 0.265 e. The Morgan fingerprint density at radius 1 is 1.68 bits per heavy atom. The second-order valence-electron chi connectivity index (χ2n) is 4.78. The predicted molar refractivity (Wildman–Crippen MR) is 75.7 cm³/mol. The van der Waals surface area contributed by atoms with Crippen molar-refractivity contribution < 1.29 is 9.53 Å². The van der Waals surface area contributed by atoms with E-state index in [9.17, 15) is 4.79 Å². The van der Waals surface area contributed by atoms with Crippen LogP contribution in [0.5, 0.6) is 0 Å². The average Bonchev–Trinajstić information content (AvgIpc) is 3.05. The smallest absolute Gasteiger partial charge is 0.265 e. The van der Waals surface area contributed by atoms with Crippen molar-refractivity contribution in [3.05, 3.63) is 16.1 Å². The van der Waals surface area contributed by atoms with Crippen LogP contribution in [-0.4, -0.2) is 55.2 Å². The van der Waals surface area contributed by atoms with E-state index in [4.69, 9.17) is 4.74 Å². The van der Waals surface area contributed by atoms with Gasteiger partial charge in [-0.1, -0.05) is 0 Å². The van der Waals surface area contributed by atoms with Gasteiger partial charge >= 0.3 is 0 Å². The molecule has 1 unspecified atom stereocenters. The van der Waals surface area contributed by atoms with Crippen LogP contribution >= 0.6 is 11.3 Å². The zero-order chi connectivity index (χ0) is 13.7. The first-order chi connectivity index (χ1) is 9.20. The zero-order valence-electron chi connectivity index (χ0n) is 11.5. The van der Waals surface area contributed by atoms with Gasteiger partial charge in [-0.05, 0) is 26.3 Å². The Bertz CT molecular complexity index is 416. The maximum absolute atomic E-state index is 12.5. The molecule has 5 nitrogen and oxygen atoms in total. The van der Waals surface area contributed by atoms with Gasteiger partial charge in [0.05, 0.1) is 17.8 Å². The van der Waals surface area contributed by atoms with Crippen molar-refractivity contribution in [1.29, 1.82) is 0 Å². The number of aryl methyl sites for hydroxylation is 1. The van der Waals surface area contributed by atoms with E-state index in [0.717, 1.165) is 24.5 Å². The van der Waals surface area contributed by atoms with Crippen molar-refractivity contribution in [2.24, 2.45) is 0 Å². The standard InChI is InChI=1S/C13H21N3O2S/c1-10-15-8-12(19-10)13(17)16(6-7-18-2)9-11-4-3-5-14-11/h8,11,14H,3-7,9H2,1-2H3. The van der Waals surface area contributed by atoms with Crippen molar-refractivity contribution in [3.8, 4) is 0 Å². The minimum absolute atomic E-state index is 0.0661. The quantitative estimate of drug-likeness (QED) is 0.855. The molecule has 0 aliphatic carbocycles. The molecule has 0 radical (unpaired) electrons. The molecule has 0 saturated carbocycles. The van der Waals surface area contributed by atoms with E-state index in [1.807, 2.05) is 11.8 Å². The molecule has 1 atom stereocenters. The number of amides is 1. The summed E-state index contributed by atoms with van der Waals surface area (Å²) >= 11 is 1.45. The highest BCUT2D eigenvalue weighted by atomic mass is 32.1. The third-order valence-corrected chi connectivity index (χ3v) is 4.19. The Labute approximate surface area is 118 Å². The molecule has 1 N–H and O–H groups in total. The van der Waals surface area contributed by atoms with Gasteiger partial charge in [-0.15, -0.1) is 11.3 Å². The SMILES string of the molecule is COCCN(CC1CCCN1)C(=O)c1cnc(C)s1. The number of hydrogen-bond donors (Lipinski definition) is 1. The first kappa shape index (κ1) is 14.4. The second kappa shape index (κ2) is 6.98. The minimum Gasteiger partial charge on any atom is -0.383 e. The molecule has 1 saturated heterocycles. The third-order valence-electron chi connectivity index (χ3n) is 3.29. The Kier molecular flexibility index (Phi) is 5.30. The number of rotatable bonds is 6. The van der Waals surface area contributed by atoms with E-state index in [1.54, 1.807) is 13.3 Å². The van der Waals surface area contributed by atoms with Gasteiger partial charge in [0.15, 0.2) is 0 Å². The highest BCUT2D eigenvalue weighted by molar-refractivity contribution is 7.13. The summed E-state index contributed by atoms with van der Waals surface area (Å²) in [7, 11) is 1.66. The minimum atomic E-state index is 0.0661. The van der Waals surface area contributed by atoms with Gasteiger partial charge in [-0.2, -0.15) is 0 Å². The van der Waals surface area contributed by atoms with Crippen LogP contribution in [-0.2, 0) is 4.74 Å². The van der Waals surface area contributed by atoms with Gasteiger partial charge in [0.1, 0.15) is 4.88 Å². The Hall–Kier alpha value is -0.980. The Morgan fingerprint density at radius 3 is 3.11 bits per heavy atom. The molecule has 2 heterocycles. The summed E-state index contributed by atoms with van der Waals surface area (Å²) in [4.78, 5) is 19.2. The van der Waals surface area contributed by atoms with Crippen LogP contribution in [0, 0.1) is 6.92 Å². The molecule has 0 bridgehead atoms. The van der Waals surface area contributed by atoms with Crippen LogP contribution in [0.4, 0.5) is 0 Å². The lowest BCUT2D eigenvalue weighted by Gasteiger charge is -2.25. The molecule has 0 aromatic carbocycles. The fourth-order valence-corrected chi connectivity index (χ4v) is 3.02. The van der Waals surface area contributed by atoms with Crippen LogP contribution in [0.15, 0.2) is 6.20 Å². The first-order valence-corrected chi connectivity index (χ1v) is 7.46. The highest BCUT2D eigenvalue weighted by Crippen LogP contribution is 2.16. The number of methoxy groups -OCH3 is 1. The maximum atomic E-state index is 12.5. The van der Waals surface area contributed by atoms with Gasteiger partial charge in [0.25, 0.3) is 5.91 Å². The number of nitrogens with one attached hydrogen (secondary N) is 1. The lowest BCUT2D eigenvalue weighted by atomic mass is 10.2. The summed E-state index contributed by atoms with van der Waals surface area (Å²) in [6.45, 7) is 4.91. The van der Waals surface area contributed by atoms with Crippen LogP contribution in [0.25, 0.3) is 0 Å². The van der Waals surface area contributed by atoms with E-state index in [-0.39, 0.29) is 5.91 Å². The monoisotopic (exact) mass is 283 g/mol. The molecule has 1 aliphatic rings. The Morgan fingerprint density at radius 2 is 2.53 bits per heavy atom. The molecule has 1 amide bonds. The van der Waals surface area contributed by atoms with Crippen LogP contribution in [0.1, 0.15) is 27.5 Å². The normalized spacial score (nSPS) is 18.7. The summed E-state index contributed by atoms with van der Waals surface area (Å²) in [5.74, 6) is 0.0661. The highest BCUT2D eigenvalue weighted by Gasteiger charge is 2.23. The van der Waals surface area contributed by atoms with Crippen molar-refractivity contribution in [2.75, 3.05) is 33.4 Å². The van der Waals surface area contributed by atoms with Gasteiger partial charge in [-0.3, -0.25) is 4.79 Å². The van der Waals surface area contributed by atoms with Gasteiger partial charge in [0, 0.05) is 26.2 Å². The fourth-order valence-electron chi connectivity index (χ4n) is 2.27. The Balaban J connectivity index is 2.00. The fraction of sp³-hybridized carbons (Fsp3) is 0.692. The zero-order valence-corrected chi connectivity index (χ0v) is 12.3. The first-order valence-electron chi connectivity index (χ1n) is 6.64. The van der Waals surface area contributed by atoms with Crippen LogP contribution in [0.3, 0.4) is 0 Å². The molecular weight excluding hydrogens is 262 g/mol. The molecule has 1 fully saturated rings. The van der Waals surface area contributed by atoms with E-state index >= 15 is 0 Å². The number of thiazole rings is 1. The van der Waals surface area contributed by atoms with Crippen LogP contribution < -0.4 is 5.32 Å². The van der Waals surface area contributed by atoms with Crippen molar-refractivity contribution in [1.82, 2.24) is 15.2 Å². The molecule has 1 aromatic rings. The number of aromatic nitrogens is 1. The van der Waals surface area contributed by atoms with E-state index < -0.39 is 0 Å². The van der Waals surface area contributed by atoms with Gasteiger partial charge in [-0.25, -0.2) is 4.98 Å². The number of carbonyl (C=O) groups excluding carboxylic acids is 1. The topological polar surface area (TPSA) is 54.5 Å². The summed E-state index contributed by atoms with van der Waals surface area (Å²) in [6, 6.07) is 0.412. The molecule has 2 rings (SSSR count). The van der Waals surface area contributed by atoms with Crippen molar-refractivity contribution in [2.45, 2.75) is 25.8 Å². The second-order valence-corrected chi connectivity index (χ2v) is 6.02. The lowest BCUT2D eigenvalue weighted by Crippen LogP contribution is -2.42. The third kappa shape index (κ3) is 3.99. The van der Waals surface area contributed by atoms with Gasteiger partial charge < -0.3 is 15.0 Å². The summed E-state index contributed by atoms with van der Waals surface area (Å²) < 4.78 is 5.10. The molecule has 1 aromatic heterocycles. The molecule has 19 heavy (non-hydrogen) atoms. The molecule has 1 aliphatic heterocycles. The van der Waals surface area contributed by atoms with Gasteiger partial charge in [0.2, 0.25) is 0 Å². The summed E-state index contributed by atoms with van der Waals surface area (Å²) in [5.41, 5.74) is 0. The van der Waals surface area contributed by atoms with Crippen molar-refractivity contribution >= 4 is 17.2 Å². The number of carbonyl (C=O) groups is 1. The molecular formula is C13H21N3O2S. The van der Waals surface area contributed by atoms with E-state index in [0.29, 0.717) is 24.1 Å². The number of hydrogen-bond acceptors (Lipinski definition) is 5.